The van der Waals surface area contributed by atoms with Crippen LogP contribution >= 0.6 is 0 Å². The highest BCUT2D eigenvalue weighted by Gasteiger charge is 2.41. The van der Waals surface area contributed by atoms with Crippen LogP contribution < -0.4 is 4.74 Å². The van der Waals surface area contributed by atoms with Crippen LogP contribution in [0.5, 0.6) is 23.1 Å². The normalized spacial score (nSPS) is 19.2. The first kappa shape index (κ1) is 27.1. The molecule has 4 rings (SSSR count). The summed E-state index contributed by atoms with van der Waals surface area (Å²) in [5.74, 6) is -1.54. The van der Waals surface area contributed by atoms with Gasteiger partial charge in [0.2, 0.25) is 5.88 Å². The Hall–Kier alpha value is -3.91. The maximum absolute atomic E-state index is 11.8. The lowest BCUT2D eigenvalue weighted by molar-refractivity contribution is -0.0581. The zero-order valence-electron chi connectivity index (χ0n) is 22.2. The topological polar surface area (TPSA) is 132 Å². The van der Waals surface area contributed by atoms with Gasteiger partial charge in [0.15, 0.2) is 0 Å². The average Bonchev–Trinajstić information content (AvgIpc) is 3.16. The van der Waals surface area contributed by atoms with E-state index in [0.29, 0.717) is 29.5 Å². The quantitative estimate of drug-likeness (QED) is 0.231. The number of benzene rings is 2. The number of hydrogen-bond acceptors (Lipinski definition) is 6. The number of aliphatic hydroxyl groups is 1. The second-order valence-corrected chi connectivity index (χ2v) is 10.5. The Labute approximate surface area is 221 Å². The van der Waals surface area contributed by atoms with Gasteiger partial charge in [0.1, 0.15) is 22.8 Å². The summed E-state index contributed by atoms with van der Waals surface area (Å²) < 4.78 is 7.68. The van der Waals surface area contributed by atoms with E-state index in [-0.39, 0.29) is 40.4 Å². The number of hydrogen-bond donors (Lipinski definition) is 5. The zero-order valence-corrected chi connectivity index (χ0v) is 22.2. The van der Waals surface area contributed by atoms with E-state index >= 15 is 0 Å². The van der Waals surface area contributed by atoms with Gasteiger partial charge < -0.3 is 30.3 Å². The van der Waals surface area contributed by atoms with Crippen molar-refractivity contribution in [1.82, 2.24) is 4.57 Å². The van der Waals surface area contributed by atoms with E-state index in [1.54, 1.807) is 6.20 Å². The molecule has 0 amide bonds. The third kappa shape index (κ3) is 5.22. The van der Waals surface area contributed by atoms with Crippen molar-refractivity contribution in [3.63, 3.8) is 0 Å². The molecule has 8 heteroatoms. The van der Waals surface area contributed by atoms with Crippen LogP contribution in [0.4, 0.5) is 0 Å². The third-order valence-electron chi connectivity index (χ3n) is 7.26. The first-order valence-corrected chi connectivity index (χ1v) is 12.7. The van der Waals surface area contributed by atoms with Crippen molar-refractivity contribution in [3.05, 3.63) is 64.9 Å². The molecule has 1 aliphatic rings. The summed E-state index contributed by atoms with van der Waals surface area (Å²) in [5.41, 5.74) is 1.99. The third-order valence-corrected chi connectivity index (χ3v) is 7.26. The van der Waals surface area contributed by atoms with Crippen LogP contribution in [0.15, 0.2) is 53.8 Å². The Balaban J connectivity index is 1.69. The number of phenols is 2. The van der Waals surface area contributed by atoms with Crippen LogP contribution in [0.2, 0.25) is 0 Å². The highest BCUT2D eigenvalue weighted by molar-refractivity contribution is 5.98. The summed E-state index contributed by atoms with van der Waals surface area (Å²) in [6, 6.07) is 5.22. The molecule has 202 valence electrons. The Morgan fingerprint density at radius 1 is 1.11 bits per heavy atom. The summed E-state index contributed by atoms with van der Waals surface area (Å²) in [6.07, 6.45) is 8.42. The van der Waals surface area contributed by atoms with Gasteiger partial charge in [0.25, 0.3) is 0 Å². The SMILES string of the molecule is CC(C)=CCCC(C)=CCCC1(C)Oc2c(c(O)cc3c(O)n(-c4ccc(O)cc4C(=O)O)cc23)CC1O. The highest BCUT2D eigenvalue weighted by atomic mass is 16.5. The number of nitrogens with zero attached hydrogens (tertiary/aromatic N) is 1. The first-order valence-electron chi connectivity index (χ1n) is 12.7. The molecule has 0 saturated heterocycles. The molecule has 1 aliphatic heterocycles. The van der Waals surface area contributed by atoms with Gasteiger partial charge in [-0.15, -0.1) is 0 Å². The molecule has 8 nitrogen and oxygen atoms in total. The number of aromatic hydroxyl groups is 3. The van der Waals surface area contributed by atoms with Gasteiger partial charge in [-0.25, -0.2) is 4.79 Å². The minimum atomic E-state index is -1.27. The van der Waals surface area contributed by atoms with Crippen molar-refractivity contribution in [1.29, 1.82) is 0 Å². The number of aromatic nitrogens is 1. The molecule has 2 atom stereocenters. The lowest BCUT2D eigenvalue weighted by Gasteiger charge is -2.40. The molecule has 0 spiro atoms. The van der Waals surface area contributed by atoms with E-state index in [0.717, 1.165) is 18.9 Å². The molecular weight excluding hydrogens is 486 g/mol. The summed E-state index contributed by atoms with van der Waals surface area (Å²) in [7, 11) is 0. The molecule has 0 fully saturated rings. The maximum atomic E-state index is 11.8. The van der Waals surface area contributed by atoms with Gasteiger partial charge in [0.05, 0.1) is 22.7 Å². The standard InChI is InChI=1S/C30H35NO7/c1-17(2)7-5-8-18(3)9-6-12-30(4)26(34)15-22-25(33)14-20-23(27(22)38-30)16-31(28(20)35)24-11-10-19(32)13-21(24)29(36)37/h7,9-11,13-14,16,26,32-35H,5-6,8,12,15H2,1-4H3,(H,36,37). The predicted octanol–water partition coefficient (Wildman–Crippen LogP) is 5.97. The monoisotopic (exact) mass is 521 g/mol. The highest BCUT2D eigenvalue weighted by Crippen LogP contribution is 2.48. The fraction of sp³-hybridized carbons (Fsp3) is 0.367. The molecule has 2 aromatic carbocycles. The predicted molar refractivity (Wildman–Crippen MR) is 146 cm³/mol. The van der Waals surface area contributed by atoms with Crippen LogP contribution in [0.25, 0.3) is 16.5 Å². The van der Waals surface area contributed by atoms with Crippen molar-refractivity contribution in [2.75, 3.05) is 0 Å². The van der Waals surface area contributed by atoms with Gasteiger partial charge in [-0.2, -0.15) is 0 Å². The number of aromatic carboxylic acids is 1. The van der Waals surface area contributed by atoms with Crippen LogP contribution in [-0.2, 0) is 6.42 Å². The van der Waals surface area contributed by atoms with Crippen molar-refractivity contribution in [2.24, 2.45) is 0 Å². The molecule has 3 aromatic rings. The number of ether oxygens (including phenoxy) is 1. The summed E-state index contributed by atoms with van der Waals surface area (Å²) in [5, 5.41) is 52.9. The fourth-order valence-corrected chi connectivity index (χ4v) is 4.96. The number of aliphatic hydroxyl groups excluding tert-OH is 1. The summed E-state index contributed by atoms with van der Waals surface area (Å²) >= 11 is 0. The average molecular weight is 522 g/mol. The summed E-state index contributed by atoms with van der Waals surface area (Å²) in [6.45, 7) is 8.09. The number of carboxylic acid groups (broad SMARTS) is 1. The molecule has 0 bridgehead atoms. The Morgan fingerprint density at radius 2 is 1.84 bits per heavy atom. The van der Waals surface area contributed by atoms with Gasteiger partial charge in [-0.1, -0.05) is 23.3 Å². The van der Waals surface area contributed by atoms with Crippen molar-refractivity contribution < 1.29 is 35.1 Å². The van der Waals surface area contributed by atoms with Gasteiger partial charge in [0, 0.05) is 23.6 Å². The lowest BCUT2D eigenvalue weighted by atomic mass is 9.84. The van der Waals surface area contributed by atoms with E-state index in [1.807, 2.05) is 6.92 Å². The molecule has 2 heterocycles. The van der Waals surface area contributed by atoms with E-state index in [4.69, 9.17) is 4.74 Å². The minimum absolute atomic E-state index is 0.124. The molecule has 0 saturated carbocycles. The van der Waals surface area contributed by atoms with Crippen LogP contribution in [-0.4, -0.2) is 47.8 Å². The molecule has 38 heavy (non-hydrogen) atoms. The molecular formula is C30H35NO7. The number of phenolic OH excluding ortho intramolecular Hbond substituents is 2. The van der Waals surface area contributed by atoms with E-state index in [1.165, 1.54) is 33.9 Å². The van der Waals surface area contributed by atoms with E-state index < -0.39 is 17.7 Å². The Morgan fingerprint density at radius 3 is 2.53 bits per heavy atom. The fourth-order valence-electron chi connectivity index (χ4n) is 4.96. The second-order valence-electron chi connectivity index (χ2n) is 10.5. The first-order chi connectivity index (χ1) is 17.9. The smallest absolute Gasteiger partial charge is 0.337 e. The van der Waals surface area contributed by atoms with Crippen molar-refractivity contribution >= 4 is 16.7 Å². The number of carboxylic acids is 1. The van der Waals surface area contributed by atoms with Gasteiger partial charge >= 0.3 is 5.97 Å². The molecule has 0 radical (unpaired) electrons. The molecule has 2 unspecified atom stereocenters. The minimum Gasteiger partial charge on any atom is -0.508 e. The van der Waals surface area contributed by atoms with Crippen molar-refractivity contribution in [3.8, 4) is 28.8 Å². The molecule has 5 N–H and O–H groups in total. The van der Waals surface area contributed by atoms with E-state index in [9.17, 15) is 30.3 Å². The Bertz CT molecular complexity index is 1440. The zero-order chi connectivity index (χ0) is 27.8. The number of allylic oxidation sites excluding steroid dienone is 4. The number of fused-ring (bicyclic) bond motifs is 3. The van der Waals surface area contributed by atoms with Crippen molar-refractivity contribution in [2.45, 2.75) is 71.5 Å². The van der Waals surface area contributed by atoms with E-state index in [2.05, 4.69) is 32.9 Å². The van der Waals surface area contributed by atoms with Gasteiger partial charge in [-0.05, 0) is 77.6 Å². The van der Waals surface area contributed by atoms with Crippen LogP contribution in [0.1, 0.15) is 69.3 Å². The van der Waals surface area contributed by atoms with Crippen LogP contribution in [0.3, 0.4) is 0 Å². The Kier molecular flexibility index (Phi) is 7.47. The van der Waals surface area contributed by atoms with Gasteiger partial charge in [-0.3, -0.25) is 4.57 Å². The number of rotatable bonds is 8. The largest absolute Gasteiger partial charge is 0.508 e. The second kappa shape index (κ2) is 10.5. The maximum Gasteiger partial charge on any atom is 0.337 e. The van der Waals surface area contributed by atoms with Crippen LogP contribution in [0, 0.1) is 0 Å². The lowest BCUT2D eigenvalue weighted by Crippen LogP contribution is -2.48. The number of carbonyl (C=O) groups is 1. The summed E-state index contributed by atoms with van der Waals surface area (Å²) in [4.78, 5) is 11.8. The molecule has 1 aromatic heterocycles. The molecule has 0 aliphatic carbocycles.